The number of hydrogen-bond donors (Lipinski definition) is 3. The Morgan fingerprint density at radius 2 is 2.26 bits per heavy atom. The number of anilines is 1. The first-order valence-electron chi connectivity index (χ1n) is 7.28. The standard InChI is InChI=1S/C16H17ClN4O2/c1-23-6-2-4-19-16(22)21-13-8-10(17)7-12-11-3-5-18-9-14(11)20-15(12)13/h3,5,7-9,20H,2,4,6H2,1H3,(H2,19,21,22). The number of pyridine rings is 1. The summed E-state index contributed by atoms with van der Waals surface area (Å²) in [7, 11) is 1.63. The van der Waals surface area contributed by atoms with E-state index in [4.69, 9.17) is 16.3 Å². The molecule has 6 nitrogen and oxygen atoms in total. The molecule has 3 aromatic rings. The molecule has 2 amide bonds. The lowest BCUT2D eigenvalue weighted by molar-refractivity contribution is 0.194. The lowest BCUT2D eigenvalue weighted by Crippen LogP contribution is -2.30. The molecule has 0 radical (unpaired) electrons. The fourth-order valence-corrected chi connectivity index (χ4v) is 2.72. The summed E-state index contributed by atoms with van der Waals surface area (Å²) in [6.45, 7) is 1.15. The number of hydrogen-bond acceptors (Lipinski definition) is 3. The summed E-state index contributed by atoms with van der Waals surface area (Å²) in [4.78, 5) is 19.4. The molecular formula is C16H17ClN4O2. The van der Waals surface area contributed by atoms with Crippen LogP contribution in [0.3, 0.4) is 0 Å². The molecule has 1 aromatic carbocycles. The van der Waals surface area contributed by atoms with Crippen molar-refractivity contribution in [2.24, 2.45) is 0 Å². The second kappa shape index (κ2) is 6.85. The maximum absolute atomic E-state index is 12.0. The molecule has 7 heteroatoms. The lowest BCUT2D eigenvalue weighted by atomic mass is 10.1. The molecule has 0 atom stereocenters. The molecule has 0 aliphatic carbocycles. The molecule has 0 saturated heterocycles. The highest BCUT2D eigenvalue weighted by Crippen LogP contribution is 2.32. The molecule has 0 saturated carbocycles. The van der Waals surface area contributed by atoms with Gasteiger partial charge in [0, 0.05) is 42.3 Å². The predicted octanol–water partition coefficient (Wildman–Crippen LogP) is 3.53. The minimum atomic E-state index is -0.276. The van der Waals surface area contributed by atoms with Gasteiger partial charge in [0.05, 0.1) is 22.9 Å². The number of nitrogens with zero attached hydrogens (tertiary/aromatic N) is 1. The lowest BCUT2D eigenvalue weighted by Gasteiger charge is -2.09. The Bertz CT molecular complexity index is 847. The quantitative estimate of drug-likeness (QED) is 0.625. The van der Waals surface area contributed by atoms with Crippen LogP contribution in [-0.2, 0) is 4.74 Å². The van der Waals surface area contributed by atoms with E-state index in [1.165, 1.54) is 0 Å². The molecule has 120 valence electrons. The van der Waals surface area contributed by atoms with E-state index in [-0.39, 0.29) is 6.03 Å². The van der Waals surface area contributed by atoms with Gasteiger partial charge >= 0.3 is 6.03 Å². The topological polar surface area (TPSA) is 79.0 Å². The fourth-order valence-electron chi connectivity index (χ4n) is 2.50. The van der Waals surface area contributed by atoms with Crippen LogP contribution in [0.25, 0.3) is 21.8 Å². The van der Waals surface area contributed by atoms with Gasteiger partial charge in [0.2, 0.25) is 0 Å². The van der Waals surface area contributed by atoms with Crippen molar-refractivity contribution >= 4 is 45.1 Å². The third kappa shape index (κ3) is 3.38. The Labute approximate surface area is 138 Å². The summed E-state index contributed by atoms with van der Waals surface area (Å²) >= 11 is 6.19. The Hall–Kier alpha value is -2.31. The number of nitrogens with one attached hydrogen (secondary N) is 3. The number of urea groups is 1. The second-order valence-corrected chi connectivity index (χ2v) is 5.59. The molecule has 3 N–H and O–H groups in total. The van der Waals surface area contributed by atoms with Crippen LogP contribution in [0.2, 0.25) is 5.02 Å². The van der Waals surface area contributed by atoms with E-state index < -0.39 is 0 Å². The van der Waals surface area contributed by atoms with Crippen LogP contribution in [0.5, 0.6) is 0 Å². The number of amides is 2. The van der Waals surface area contributed by atoms with Gasteiger partial charge in [-0.1, -0.05) is 11.6 Å². The average Bonchev–Trinajstić information content (AvgIpc) is 2.91. The van der Waals surface area contributed by atoms with Crippen molar-refractivity contribution in [1.82, 2.24) is 15.3 Å². The van der Waals surface area contributed by atoms with Crippen LogP contribution >= 0.6 is 11.6 Å². The summed E-state index contributed by atoms with van der Waals surface area (Å²) < 4.78 is 4.95. The van der Waals surface area contributed by atoms with Gasteiger partial charge in [-0.05, 0) is 24.6 Å². The van der Waals surface area contributed by atoms with Gasteiger partial charge in [0.15, 0.2) is 0 Å². The number of methoxy groups -OCH3 is 1. The van der Waals surface area contributed by atoms with Crippen molar-refractivity contribution in [3.8, 4) is 0 Å². The van der Waals surface area contributed by atoms with Gasteiger partial charge in [0.1, 0.15) is 0 Å². The Morgan fingerprint density at radius 3 is 3.09 bits per heavy atom. The summed E-state index contributed by atoms with van der Waals surface area (Å²) in [5.74, 6) is 0. The highest BCUT2D eigenvalue weighted by molar-refractivity contribution is 6.32. The van der Waals surface area contributed by atoms with E-state index in [1.807, 2.05) is 12.1 Å². The van der Waals surface area contributed by atoms with Crippen molar-refractivity contribution in [3.05, 3.63) is 35.6 Å². The fraction of sp³-hybridized carbons (Fsp3) is 0.250. The first-order valence-corrected chi connectivity index (χ1v) is 7.65. The molecule has 0 aliphatic rings. The number of carbonyl (C=O) groups excluding carboxylic acids is 1. The normalized spacial score (nSPS) is 11.0. The zero-order chi connectivity index (χ0) is 16.2. The molecule has 0 spiro atoms. The average molecular weight is 333 g/mol. The van der Waals surface area contributed by atoms with E-state index in [0.717, 1.165) is 28.2 Å². The molecule has 2 aromatic heterocycles. The molecular weight excluding hydrogens is 316 g/mol. The third-order valence-electron chi connectivity index (χ3n) is 3.53. The smallest absolute Gasteiger partial charge is 0.319 e. The number of benzene rings is 1. The number of H-pyrrole nitrogens is 1. The monoisotopic (exact) mass is 332 g/mol. The van der Waals surface area contributed by atoms with Gasteiger partial charge in [-0.2, -0.15) is 0 Å². The van der Waals surface area contributed by atoms with Crippen LogP contribution in [0.4, 0.5) is 10.5 Å². The van der Waals surface area contributed by atoms with E-state index >= 15 is 0 Å². The van der Waals surface area contributed by atoms with Gasteiger partial charge in [-0.15, -0.1) is 0 Å². The molecule has 3 rings (SSSR count). The number of aromatic nitrogens is 2. The van der Waals surface area contributed by atoms with E-state index in [0.29, 0.717) is 23.9 Å². The van der Waals surface area contributed by atoms with Crippen molar-refractivity contribution in [3.63, 3.8) is 0 Å². The summed E-state index contributed by atoms with van der Waals surface area (Å²) in [6, 6.07) is 5.24. The maximum Gasteiger partial charge on any atom is 0.319 e. The molecule has 0 unspecified atom stereocenters. The maximum atomic E-state index is 12.0. The van der Waals surface area contributed by atoms with E-state index in [2.05, 4.69) is 20.6 Å². The Kier molecular flexibility index (Phi) is 4.64. The van der Waals surface area contributed by atoms with Crippen molar-refractivity contribution in [2.45, 2.75) is 6.42 Å². The first-order chi connectivity index (χ1) is 11.2. The molecule has 2 heterocycles. The zero-order valence-electron chi connectivity index (χ0n) is 12.6. The largest absolute Gasteiger partial charge is 0.385 e. The van der Waals surface area contributed by atoms with E-state index in [9.17, 15) is 4.79 Å². The van der Waals surface area contributed by atoms with Crippen LogP contribution in [0, 0.1) is 0 Å². The van der Waals surface area contributed by atoms with Crippen LogP contribution in [0.15, 0.2) is 30.6 Å². The summed E-state index contributed by atoms with van der Waals surface area (Å²) in [5, 5.41) is 8.14. The first kappa shape index (κ1) is 15.6. The number of ether oxygens (including phenoxy) is 1. The summed E-state index contributed by atoms with van der Waals surface area (Å²) in [6.07, 6.45) is 4.23. The van der Waals surface area contributed by atoms with Crippen LogP contribution in [0.1, 0.15) is 6.42 Å². The summed E-state index contributed by atoms with van der Waals surface area (Å²) in [5.41, 5.74) is 2.35. The van der Waals surface area contributed by atoms with Crippen molar-refractivity contribution < 1.29 is 9.53 Å². The zero-order valence-corrected chi connectivity index (χ0v) is 13.4. The molecule has 0 fully saturated rings. The highest BCUT2D eigenvalue weighted by Gasteiger charge is 2.12. The van der Waals surface area contributed by atoms with Gasteiger partial charge in [0.25, 0.3) is 0 Å². The number of rotatable bonds is 5. The van der Waals surface area contributed by atoms with Crippen molar-refractivity contribution in [2.75, 3.05) is 25.6 Å². The predicted molar refractivity (Wildman–Crippen MR) is 92.1 cm³/mol. The minimum Gasteiger partial charge on any atom is -0.385 e. The third-order valence-corrected chi connectivity index (χ3v) is 3.75. The number of fused-ring (bicyclic) bond motifs is 3. The molecule has 0 aliphatic heterocycles. The minimum absolute atomic E-state index is 0.276. The van der Waals surface area contributed by atoms with Crippen LogP contribution in [-0.4, -0.2) is 36.3 Å². The van der Waals surface area contributed by atoms with Gasteiger partial charge in [-0.25, -0.2) is 4.79 Å². The molecule has 23 heavy (non-hydrogen) atoms. The highest BCUT2D eigenvalue weighted by atomic mass is 35.5. The Morgan fingerprint density at radius 1 is 1.39 bits per heavy atom. The van der Waals surface area contributed by atoms with Gasteiger partial charge in [-0.3, -0.25) is 4.98 Å². The van der Waals surface area contributed by atoms with Gasteiger partial charge < -0.3 is 20.4 Å². The van der Waals surface area contributed by atoms with Crippen LogP contribution < -0.4 is 10.6 Å². The SMILES string of the molecule is COCCCNC(=O)Nc1cc(Cl)cc2c1[nH]c1cnccc12. The second-order valence-electron chi connectivity index (χ2n) is 5.15. The van der Waals surface area contributed by atoms with Crippen molar-refractivity contribution in [1.29, 1.82) is 0 Å². The number of halogens is 1. The molecule has 0 bridgehead atoms. The number of carbonyl (C=O) groups is 1. The van der Waals surface area contributed by atoms with E-state index in [1.54, 1.807) is 25.6 Å². The Balaban J connectivity index is 1.87. The number of aromatic amines is 1.